The summed E-state index contributed by atoms with van der Waals surface area (Å²) in [5.74, 6) is 0.419. The Labute approximate surface area is 108 Å². The highest BCUT2D eigenvalue weighted by Crippen LogP contribution is 2.50. The minimum absolute atomic E-state index is 0.355. The van der Waals surface area contributed by atoms with Crippen molar-refractivity contribution in [1.29, 1.82) is 0 Å². The molecule has 2 atom stereocenters. The molecule has 0 saturated heterocycles. The first kappa shape index (κ1) is 12.9. The van der Waals surface area contributed by atoms with E-state index in [4.69, 9.17) is 4.74 Å². The van der Waals surface area contributed by atoms with E-state index in [1.54, 1.807) is 13.2 Å². The highest BCUT2D eigenvalue weighted by Gasteiger charge is 2.46. The molecule has 3 heteroatoms. The molecular formula is C15H20O3. The second kappa shape index (κ2) is 5.01. The molecule has 18 heavy (non-hydrogen) atoms. The molecule has 2 unspecified atom stereocenters. The third-order valence-electron chi connectivity index (χ3n) is 4.19. The van der Waals surface area contributed by atoms with Gasteiger partial charge in [0.1, 0.15) is 5.76 Å². The first-order valence-electron chi connectivity index (χ1n) is 6.44. The number of carbonyl (C=O) groups is 1. The van der Waals surface area contributed by atoms with Gasteiger partial charge < -0.3 is 9.84 Å². The molecule has 0 aromatic heterocycles. The summed E-state index contributed by atoms with van der Waals surface area (Å²) in [7, 11) is 1.63. The van der Waals surface area contributed by atoms with Crippen LogP contribution in [0.2, 0.25) is 0 Å². The van der Waals surface area contributed by atoms with E-state index in [9.17, 15) is 9.90 Å². The van der Waals surface area contributed by atoms with Gasteiger partial charge in [0.2, 0.25) is 0 Å². The van der Waals surface area contributed by atoms with Crippen LogP contribution in [0.5, 0.6) is 0 Å². The van der Waals surface area contributed by atoms with Crippen molar-refractivity contribution in [2.24, 2.45) is 11.3 Å². The molecule has 2 rings (SSSR count). The molecule has 0 aliphatic heterocycles. The Hall–Kier alpha value is -1.51. The van der Waals surface area contributed by atoms with Gasteiger partial charge in [-0.15, -0.1) is 6.58 Å². The zero-order valence-electron chi connectivity index (χ0n) is 10.8. The first-order chi connectivity index (χ1) is 8.64. The van der Waals surface area contributed by atoms with E-state index < -0.39 is 11.4 Å². The maximum absolute atomic E-state index is 11.8. The summed E-state index contributed by atoms with van der Waals surface area (Å²) in [4.78, 5) is 11.8. The van der Waals surface area contributed by atoms with Crippen molar-refractivity contribution in [2.45, 2.75) is 32.1 Å². The van der Waals surface area contributed by atoms with Crippen LogP contribution in [0.3, 0.4) is 0 Å². The molecule has 0 heterocycles. The fraction of sp³-hybridized carbons (Fsp3) is 0.533. The van der Waals surface area contributed by atoms with Crippen LogP contribution in [0.15, 0.2) is 36.1 Å². The highest BCUT2D eigenvalue weighted by atomic mass is 16.5. The Morgan fingerprint density at radius 1 is 1.72 bits per heavy atom. The molecule has 98 valence electrons. The summed E-state index contributed by atoms with van der Waals surface area (Å²) < 4.78 is 5.26. The predicted molar refractivity (Wildman–Crippen MR) is 70.0 cm³/mol. The van der Waals surface area contributed by atoms with Gasteiger partial charge in [-0.2, -0.15) is 0 Å². The number of methoxy groups -OCH3 is 1. The molecule has 2 aliphatic carbocycles. The molecule has 2 aliphatic rings. The number of hydrogen-bond acceptors (Lipinski definition) is 2. The number of carboxylic acids is 1. The fourth-order valence-electron chi connectivity index (χ4n) is 3.24. The van der Waals surface area contributed by atoms with Gasteiger partial charge in [-0.05, 0) is 49.3 Å². The van der Waals surface area contributed by atoms with Gasteiger partial charge in [-0.25, -0.2) is 0 Å². The predicted octanol–water partition coefficient (Wildman–Crippen LogP) is 3.29. The third kappa shape index (κ3) is 1.98. The Bertz CT molecular complexity index is 419. The summed E-state index contributed by atoms with van der Waals surface area (Å²) in [5.41, 5.74) is 0.267. The third-order valence-corrected chi connectivity index (χ3v) is 4.19. The zero-order valence-corrected chi connectivity index (χ0v) is 10.8. The topological polar surface area (TPSA) is 46.5 Å². The number of ether oxygens (including phenoxy) is 1. The van der Waals surface area contributed by atoms with Crippen LogP contribution in [0.4, 0.5) is 0 Å². The summed E-state index contributed by atoms with van der Waals surface area (Å²) in [6.07, 6.45) is 9.85. The maximum Gasteiger partial charge on any atom is 0.314 e. The van der Waals surface area contributed by atoms with Crippen molar-refractivity contribution in [2.75, 3.05) is 7.11 Å². The van der Waals surface area contributed by atoms with Crippen LogP contribution in [-0.4, -0.2) is 18.2 Å². The lowest BCUT2D eigenvalue weighted by Crippen LogP contribution is -2.39. The monoisotopic (exact) mass is 248 g/mol. The Morgan fingerprint density at radius 2 is 2.50 bits per heavy atom. The molecule has 0 spiro atoms. The summed E-state index contributed by atoms with van der Waals surface area (Å²) in [6, 6.07) is 0. The van der Waals surface area contributed by atoms with Gasteiger partial charge in [0.25, 0.3) is 0 Å². The largest absolute Gasteiger partial charge is 0.497 e. The number of allylic oxidation sites excluding steroid dienone is 3. The Kier molecular flexibility index (Phi) is 3.60. The van der Waals surface area contributed by atoms with Crippen molar-refractivity contribution in [3.8, 4) is 0 Å². The molecule has 3 nitrogen and oxygen atoms in total. The van der Waals surface area contributed by atoms with E-state index in [-0.39, 0.29) is 0 Å². The lowest BCUT2D eigenvalue weighted by molar-refractivity contribution is -0.148. The van der Waals surface area contributed by atoms with E-state index in [0.29, 0.717) is 18.8 Å². The summed E-state index contributed by atoms with van der Waals surface area (Å²) in [6.45, 7) is 3.72. The van der Waals surface area contributed by atoms with Gasteiger partial charge in [0.15, 0.2) is 0 Å². The molecule has 1 N–H and O–H groups in total. The maximum atomic E-state index is 11.8. The second-order valence-corrected chi connectivity index (χ2v) is 5.12. The molecule has 1 saturated carbocycles. The average molecular weight is 248 g/mol. The second-order valence-electron chi connectivity index (χ2n) is 5.12. The average Bonchev–Trinajstić information content (AvgIpc) is 2.38. The van der Waals surface area contributed by atoms with Crippen LogP contribution in [0.1, 0.15) is 32.1 Å². The summed E-state index contributed by atoms with van der Waals surface area (Å²) in [5, 5.41) is 9.67. The number of fused-ring (bicyclic) bond motifs is 1. The first-order valence-corrected chi connectivity index (χ1v) is 6.44. The lowest BCUT2D eigenvalue weighted by atomic mass is 9.62. The van der Waals surface area contributed by atoms with E-state index in [0.717, 1.165) is 30.6 Å². The standard InChI is InChI=1S/C15H20O3/c1-3-8-15(14(16)17)9-4-5-11-6-7-12(18-2)10-13(11)15/h3,7,10-11H,1,4-6,8-9H2,2H3,(H,16,17). The highest BCUT2D eigenvalue weighted by molar-refractivity contribution is 5.79. The Morgan fingerprint density at radius 3 is 3.11 bits per heavy atom. The van der Waals surface area contributed by atoms with E-state index >= 15 is 0 Å². The van der Waals surface area contributed by atoms with Gasteiger partial charge in [0.05, 0.1) is 12.5 Å². The van der Waals surface area contributed by atoms with Crippen LogP contribution in [-0.2, 0) is 9.53 Å². The van der Waals surface area contributed by atoms with E-state index in [1.165, 1.54) is 0 Å². The number of carboxylic acid groups (broad SMARTS) is 1. The van der Waals surface area contributed by atoms with Gasteiger partial charge in [-0.3, -0.25) is 4.79 Å². The molecule has 0 amide bonds. The molecule has 0 aromatic rings. The van der Waals surface area contributed by atoms with Crippen LogP contribution in [0, 0.1) is 11.3 Å². The minimum Gasteiger partial charge on any atom is -0.497 e. The zero-order chi connectivity index (χ0) is 13.2. The van der Waals surface area contributed by atoms with Crippen molar-refractivity contribution < 1.29 is 14.6 Å². The smallest absolute Gasteiger partial charge is 0.314 e. The SMILES string of the molecule is C=CCC1(C(=O)O)CCCC2CC=C(OC)C=C21. The van der Waals surface area contributed by atoms with Crippen molar-refractivity contribution in [3.63, 3.8) is 0 Å². The normalized spacial score (nSPS) is 30.8. The van der Waals surface area contributed by atoms with Crippen molar-refractivity contribution >= 4 is 5.97 Å². The number of hydrogen-bond donors (Lipinski definition) is 1. The number of aliphatic carboxylic acids is 1. The lowest BCUT2D eigenvalue weighted by Gasteiger charge is -2.41. The molecule has 0 bridgehead atoms. The fourth-order valence-corrected chi connectivity index (χ4v) is 3.24. The molecule has 1 fully saturated rings. The Balaban J connectivity index is 2.44. The van der Waals surface area contributed by atoms with Crippen molar-refractivity contribution in [1.82, 2.24) is 0 Å². The molecule has 0 radical (unpaired) electrons. The van der Waals surface area contributed by atoms with E-state index in [2.05, 4.69) is 12.7 Å². The minimum atomic E-state index is -0.761. The van der Waals surface area contributed by atoms with Crippen LogP contribution < -0.4 is 0 Å². The summed E-state index contributed by atoms with van der Waals surface area (Å²) >= 11 is 0. The van der Waals surface area contributed by atoms with Crippen LogP contribution in [0.25, 0.3) is 0 Å². The van der Waals surface area contributed by atoms with Gasteiger partial charge in [-0.1, -0.05) is 12.5 Å². The van der Waals surface area contributed by atoms with E-state index in [1.807, 2.05) is 6.08 Å². The number of rotatable bonds is 4. The van der Waals surface area contributed by atoms with Gasteiger partial charge in [0, 0.05) is 0 Å². The molecule has 0 aromatic carbocycles. The van der Waals surface area contributed by atoms with Crippen molar-refractivity contribution in [3.05, 3.63) is 36.1 Å². The van der Waals surface area contributed by atoms with Crippen LogP contribution >= 0.6 is 0 Å². The van der Waals surface area contributed by atoms with Gasteiger partial charge >= 0.3 is 5.97 Å². The quantitative estimate of drug-likeness (QED) is 0.776. The molecular weight excluding hydrogens is 228 g/mol.